The van der Waals surface area contributed by atoms with Crippen molar-refractivity contribution in [3.63, 3.8) is 0 Å². The van der Waals surface area contributed by atoms with Crippen LogP contribution in [0.1, 0.15) is 58.6 Å². The van der Waals surface area contributed by atoms with Gasteiger partial charge in [-0.3, -0.25) is 0 Å². The van der Waals surface area contributed by atoms with E-state index in [1.54, 1.807) is 0 Å². The summed E-state index contributed by atoms with van der Waals surface area (Å²) in [6, 6.07) is 9.31. The molecule has 1 atom stereocenters. The van der Waals surface area contributed by atoms with Crippen LogP contribution in [0.4, 0.5) is 5.69 Å². The lowest BCUT2D eigenvalue weighted by Crippen LogP contribution is -2.39. The van der Waals surface area contributed by atoms with Crippen molar-refractivity contribution < 1.29 is 0 Å². The van der Waals surface area contributed by atoms with Gasteiger partial charge >= 0.3 is 0 Å². The van der Waals surface area contributed by atoms with Crippen molar-refractivity contribution in [2.24, 2.45) is 0 Å². The fourth-order valence-electron chi connectivity index (χ4n) is 3.12. The Bertz CT molecular complexity index is 411. The van der Waals surface area contributed by atoms with Gasteiger partial charge in [-0.05, 0) is 58.2 Å². The molecule has 2 rings (SSSR count). The molecule has 1 heterocycles. The van der Waals surface area contributed by atoms with E-state index in [9.17, 15) is 0 Å². The van der Waals surface area contributed by atoms with Crippen LogP contribution < -0.4 is 10.2 Å². The van der Waals surface area contributed by atoms with E-state index < -0.39 is 0 Å². The standard InChI is InChI=1S/C17H28N2/c1-5-12-18-14(2)15-9-6-7-10-16(15)19-13-8-11-17(19,3)4/h6-7,9-10,14,18H,5,8,11-13H2,1-4H3. The molecule has 0 spiro atoms. The topological polar surface area (TPSA) is 15.3 Å². The minimum absolute atomic E-state index is 0.292. The van der Waals surface area contributed by atoms with Gasteiger partial charge in [0.1, 0.15) is 0 Å². The third-order valence-electron chi connectivity index (χ3n) is 4.30. The quantitative estimate of drug-likeness (QED) is 0.856. The number of nitrogens with zero attached hydrogens (tertiary/aromatic N) is 1. The first-order valence-corrected chi connectivity index (χ1v) is 7.66. The van der Waals surface area contributed by atoms with E-state index in [1.807, 2.05) is 0 Å². The smallest absolute Gasteiger partial charge is 0.0419 e. The molecule has 1 aliphatic heterocycles. The molecule has 19 heavy (non-hydrogen) atoms. The summed E-state index contributed by atoms with van der Waals surface area (Å²) in [6.07, 6.45) is 3.78. The molecule has 1 unspecified atom stereocenters. The molecule has 0 aromatic heterocycles. The second-order valence-corrected chi connectivity index (χ2v) is 6.30. The minimum Gasteiger partial charge on any atom is -0.366 e. The molecule has 106 valence electrons. The molecular weight excluding hydrogens is 232 g/mol. The third-order valence-corrected chi connectivity index (χ3v) is 4.30. The average Bonchev–Trinajstić information content (AvgIpc) is 2.75. The van der Waals surface area contributed by atoms with Crippen molar-refractivity contribution in [3.05, 3.63) is 29.8 Å². The summed E-state index contributed by atoms with van der Waals surface area (Å²) in [5.74, 6) is 0. The van der Waals surface area contributed by atoms with Gasteiger partial charge in [0.05, 0.1) is 0 Å². The van der Waals surface area contributed by atoms with E-state index in [-0.39, 0.29) is 0 Å². The van der Waals surface area contributed by atoms with Gasteiger partial charge in [0, 0.05) is 23.8 Å². The van der Waals surface area contributed by atoms with Crippen molar-refractivity contribution in [2.75, 3.05) is 18.0 Å². The highest BCUT2D eigenvalue weighted by atomic mass is 15.2. The fourth-order valence-corrected chi connectivity index (χ4v) is 3.12. The number of para-hydroxylation sites is 1. The second kappa shape index (κ2) is 5.96. The van der Waals surface area contributed by atoms with E-state index in [0.29, 0.717) is 11.6 Å². The van der Waals surface area contributed by atoms with E-state index in [4.69, 9.17) is 0 Å². The number of nitrogens with one attached hydrogen (secondary N) is 1. The van der Waals surface area contributed by atoms with Crippen LogP contribution in [0.5, 0.6) is 0 Å². The van der Waals surface area contributed by atoms with Crippen molar-refractivity contribution in [1.82, 2.24) is 5.32 Å². The Labute approximate surface area is 118 Å². The van der Waals surface area contributed by atoms with Crippen molar-refractivity contribution in [3.8, 4) is 0 Å². The molecule has 0 bridgehead atoms. The summed E-state index contributed by atoms with van der Waals surface area (Å²) in [5, 5.41) is 3.61. The lowest BCUT2D eigenvalue weighted by molar-refractivity contribution is 0.511. The van der Waals surface area contributed by atoms with Gasteiger partial charge in [-0.2, -0.15) is 0 Å². The van der Waals surface area contributed by atoms with Crippen LogP contribution in [-0.4, -0.2) is 18.6 Å². The predicted molar refractivity (Wildman–Crippen MR) is 83.8 cm³/mol. The van der Waals surface area contributed by atoms with Gasteiger partial charge in [0.2, 0.25) is 0 Å². The number of benzene rings is 1. The zero-order valence-electron chi connectivity index (χ0n) is 12.9. The van der Waals surface area contributed by atoms with Crippen molar-refractivity contribution in [1.29, 1.82) is 0 Å². The van der Waals surface area contributed by atoms with Gasteiger partial charge in [-0.15, -0.1) is 0 Å². The van der Waals surface area contributed by atoms with E-state index >= 15 is 0 Å². The summed E-state index contributed by atoms with van der Waals surface area (Å²) in [6.45, 7) is 11.5. The van der Waals surface area contributed by atoms with Gasteiger partial charge in [-0.25, -0.2) is 0 Å². The first kappa shape index (κ1) is 14.4. The highest BCUT2D eigenvalue weighted by molar-refractivity contribution is 5.57. The minimum atomic E-state index is 0.292. The molecule has 0 aliphatic carbocycles. The molecule has 0 amide bonds. The molecule has 1 fully saturated rings. The summed E-state index contributed by atoms with van der Waals surface area (Å²) in [4.78, 5) is 2.59. The highest BCUT2D eigenvalue weighted by Crippen LogP contribution is 2.37. The van der Waals surface area contributed by atoms with E-state index in [2.05, 4.69) is 62.2 Å². The largest absolute Gasteiger partial charge is 0.366 e. The number of rotatable bonds is 5. The van der Waals surface area contributed by atoms with Crippen molar-refractivity contribution >= 4 is 5.69 Å². The lowest BCUT2D eigenvalue weighted by Gasteiger charge is -2.36. The van der Waals surface area contributed by atoms with Crippen LogP contribution in [-0.2, 0) is 0 Å². The molecule has 1 aromatic carbocycles. The summed E-state index contributed by atoms with van der Waals surface area (Å²) >= 11 is 0. The average molecular weight is 260 g/mol. The molecule has 1 N–H and O–H groups in total. The molecule has 2 heteroatoms. The first-order valence-electron chi connectivity index (χ1n) is 7.66. The van der Waals surface area contributed by atoms with Crippen LogP contribution in [0.2, 0.25) is 0 Å². The maximum Gasteiger partial charge on any atom is 0.0419 e. The lowest BCUT2D eigenvalue weighted by atomic mass is 9.99. The molecule has 1 saturated heterocycles. The molecule has 1 aliphatic rings. The van der Waals surface area contributed by atoms with Crippen LogP contribution in [0, 0.1) is 0 Å². The van der Waals surface area contributed by atoms with Gasteiger partial charge < -0.3 is 10.2 Å². The zero-order chi connectivity index (χ0) is 13.9. The summed E-state index contributed by atoms with van der Waals surface area (Å²) in [5.41, 5.74) is 3.15. The van der Waals surface area contributed by atoms with Gasteiger partial charge in [0.15, 0.2) is 0 Å². The molecule has 0 saturated carbocycles. The Balaban J connectivity index is 2.25. The first-order chi connectivity index (χ1) is 9.06. The maximum absolute atomic E-state index is 3.61. The van der Waals surface area contributed by atoms with Gasteiger partial charge in [-0.1, -0.05) is 25.1 Å². The Hall–Kier alpha value is -1.02. The molecule has 2 nitrogen and oxygen atoms in total. The Morgan fingerprint density at radius 2 is 2.05 bits per heavy atom. The fraction of sp³-hybridized carbons (Fsp3) is 0.647. The SMILES string of the molecule is CCCNC(C)c1ccccc1N1CCCC1(C)C. The van der Waals surface area contributed by atoms with Crippen LogP contribution >= 0.6 is 0 Å². The molecule has 1 aromatic rings. The monoisotopic (exact) mass is 260 g/mol. The number of hydrogen-bond acceptors (Lipinski definition) is 2. The zero-order valence-corrected chi connectivity index (χ0v) is 12.9. The van der Waals surface area contributed by atoms with Crippen LogP contribution in [0.3, 0.4) is 0 Å². The third kappa shape index (κ3) is 3.11. The summed E-state index contributed by atoms with van der Waals surface area (Å²) in [7, 11) is 0. The second-order valence-electron chi connectivity index (χ2n) is 6.30. The van der Waals surface area contributed by atoms with E-state index in [1.165, 1.54) is 37.1 Å². The Morgan fingerprint density at radius 1 is 1.32 bits per heavy atom. The highest BCUT2D eigenvalue weighted by Gasteiger charge is 2.33. The maximum atomic E-state index is 3.61. The van der Waals surface area contributed by atoms with E-state index in [0.717, 1.165) is 6.54 Å². The predicted octanol–water partition coefficient (Wildman–Crippen LogP) is 4.13. The number of anilines is 1. The van der Waals surface area contributed by atoms with Crippen LogP contribution in [0.15, 0.2) is 24.3 Å². The molecular formula is C17H28N2. The summed E-state index contributed by atoms with van der Waals surface area (Å²) < 4.78 is 0. The Morgan fingerprint density at radius 3 is 2.68 bits per heavy atom. The Kier molecular flexibility index (Phi) is 4.51. The van der Waals surface area contributed by atoms with Crippen LogP contribution in [0.25, 0.3) is 0 Å². The van der Waals surface area contributed by atoms with Crippen molar-refractivity contribution in [2.45, 2.75) is 58.5 Å². The normalized spacial score (nSPS) is 19.7. The molecule has 0 radical (unpaired) electrons. The van der Waals surface area contributed by atoms with Gasteiger partial charge in [0.25, 0.3) is 0 Å². The number of hydrogen-bond donors (Lipinski definition) is 1.